The molecule has 1 aromatic heterocycles. The minimum absolute atomic E-state index is 0.00802. The molecule has 0 saturated heterocycles. The van der Waals surface area contributed by atoms with E-state index in [-0.39, 0.29) is 16.4 Å². The predicted octanol–water partition coefficient (Wildman–Crippen LogP) is 6.95. The Balaban J connectivity index is 1.41. The second-order valence-electron chi connectivity index (χ2n) is 10.7. The number of rotatable bonds is 12. The van der Waals surface area contributed by atoms with E-state index in [2.05, 4.69) is 21.5 Å². The fraction of sp³-hybridized carbons (Fsp3) is 0.229. The molecule has 44 heavy (non-hydrogen) atoms. The number of aromatic nitrogens is 2. The number of aryl methyl sites for hydroxylation is 1. The zero-order valence-electron chi connectivity index (χ0n) is 24.9. The third-order valence-corrected chi connectivity index (χ3v) is 8.75. The normalized spacial score (nSPS) is 11.4. The van der Waals surface area contributed by atoms with Crippen LogP contribution in [0.4, 0.5) is 5.69 Å². The molecule has 0 aliphatic heterocycles. The lowest BCUT2D eigenvalue weighted by Gasteiger charge is -2.13. The number of anilines is 1. The lowest BCUT2D eigenvalue weighted by atomic mass is 9.98. The molecule has 0 saturated carbocycles. The Kier molecular flexibility index (Phi) is 9.55. The molecule has 4 aromatic carbocycles. The van der Waals surface area contributed by atoms with E-state index in [0.717, 1.165) is 59.4 Å². The fourth-order valence-electron chi connectivity index (χ4n) is 5.14. The first-order valence-electron chi connectivity index (χ1n) is 14.9. The van der Waals surface area contributed by atoms with E-state index in [4.69, 9.17) is 4.98 Å². The Labute approximate surface area is 258 Å². The fourth-order valence-corrected chi connectivity index (χ4v) is 6.13. The number of hydrogen-bond donors (Lipinski definition) is 2. The molecule has 0 fully saturated rings. The summed E-state index contributed by atoms with van der Waals surface area (Å²) >= 11 is 0. The van der Waals surface area contributed by atoms with Crippen molar-refractivity contribution in [1.29, 1.82) is 0 Å². The summed E-state index contributed by atoms with van der Waals surface area (Å²) < 4.78 is 30.0. The third kappa shape index (κ3) is 7.06. The molecule has 2 N–H and O–H groups in total. The van der Waals surface area contributed by atoms with Gasteiger partial charge < -0.3 is 9.88 Å². The van der Waals surface area contributed by atoms with Crippen molar-refractivity contribution in [1.82, 2.24) is 14.3 Å². The van der Waals surface area contributed by atoms with Crippen LogP contribution in [-0.4, -0.2) is 29.8 Å². The maximum Gasteiger partial charge on any atom is 0.265 e. The summed E-state index contributed by atoms with van der Waals surface area (Å²) in [5.41, 5.74) is 5.31. The van der Waals surface area contributed by atoms with Crippen molar-refractivity contribution < 1.29 is 18.0 Å². The highest BCUT2D eigenvalue weighted by molar-refractivity contribution is 7.90. The van der Waals surface area contributed by atoms with Gasteiger partial charge in [0, 0.05) is 30.6 Å². The zero-order chi connectivity index (χ0) is 31.1. The minimum atomic E-state index is -4.02. The third-order valence-electron chi connectivity index (χ3n) is 7.40. The van der Waals surface area contributed by atoms with Gasteiger partial charge in [0.15, 0.2) is 0 Å². The van der Waals surface area contributed by atoms with E-state index in [1.807, 2.05) is 55.5 Å². The number of nitrogens with one attached hydrogen (secondary N) is 2. The van der Waals surface area contributed by atoms with E-state index in [9.17, 15) is 18.0 Å². The van der Waals surface area contributed by atoms with Crippen LogP contribution < -0.4 is 10.0 Å². The molecule has 0 spiro atoms. The number of sulfonamides is 1. The highest BCUT2D eigenvalue weighted by Crippen LogP contribution is 2.27. The molecular formula is C35H36N4O4S. The van der Waals surface area contributed by atoms with Gasteiger partial charge in [-0.1, -0.05) is 80.9 Å². The monoisotopic (exact) mass is 608 g/mol. The Hall–Kier alpha value is -4.76. The number of unbranched alkanes of at least 4 members (excludes halogenated alkanes) is 1. The molecule has 0 atom stereocenters. The average molecular weight is 609 g/mol. The summed E-state index contributed by atoms with van der Waals surface area (Å²) in [7, 11) is -4.02. The molecule has 8 nitrogen and oxygen atoms in total. The molecule has 5 rings (SSSR count). The van der Waals surface area contributed by atoms with Gasteiger partial charge in [-0.3, -0.25) is 9.59 Å². The molecule has 0 aliphatic rings. The van der Waals surface area contributed by atoms with E-state index in [1.165, 1.54) is 12.1 Å². The Bertz CT molecular complexity index is 1880. The smallest absolute Gasteiger partial charge is 0.265 e. The molecule has 2 amide bonds. The van der Waals surface area contributed by atoms with Gasteiger partial charge in [0.25, 0.3) is 15.9 Å². The molecule has 1 heterocycles. The largest absolute Gasteiger partial charge is 0.326 e. The standard InChI is InChI=1S/C35H36N4O4S/c1-3-5-16-33-37-31-22-21-27(36-34(40)11-4-2)23-32(31)39(33)24-25-17-19-26(20-18-25)29-14-9-10-15-30(29)35(41)38-44(42,43)28-12-7-6-8-13-28/h6-10,12-15,17-23H,3-5,11,16,24H2,1-2H3,(H,36,40)(H,38,41). The SMILES string of the molecule is CCCCc1nc2ccc(NC(=O)CCC)cc2n1Cc1ccc(-c2ccccc2C(=O)NS(=O)(=O)c2ccccc2)cc1. The van der Waals surface area contributed by atoms with Crippen molar-refractivity contribution in [3.8, 4) is 11.1 Å². The number of nitrogens with zero attached hydrogens (tertiary/aromatic N) is 2. The molecular weight excluding hydrogens is 572 g/mol. The van der Waals surface area contributed by atoms with Crippen molar-refractivity contribution in [2.75, 3.05) is 5.32 Å². The summed E-state index contributed by atoms with van der Waals surface area (Å²) in [5, 5.41) is 2.99. The van der Waals surface area contributed by atoms with Crippen LogP contribution in [-0.2, 0) is 27.8 Å². The lowest BCUT2D eigenvalue weighted by Crippen LogP contribution is -2.30. The van der Waals surface area contributed by atoms with Crippen molar-refractivity contribution in [2.24, 2.45) is 0 Å². The highest BCUT2D eigenvalue weighted by Gasteiger charge is 2.21. The first-order valence-corrected chi connectivity index (χ1v) is 16.4. The Morgan fingerprint density at radius 3 is 2.30 bits per heavy atom. The quantitative estimate of drug-likeness (QED) is 0.159. The average Bonchev–Trinajstić information content (AvgIpc) is 3.36. The first kappa shape index (κ1) is 30.7. The topological polar surface area (TPSA) is 110 Å². The summed E-state index contributed by atoms with van der Waals surface area (Å²) in [6.07, 6.45) is 4.16. The van der Waals surface area contributed by atoms with Crippen LogP contribution in [0.25, 0.3) is 22.2 Å². The van der Waals surface area contributed by atoms with Crippen LogP contribution in [0.1, 0.15) is 61.3 Å². The van der Waals surface area contributed by atoms with Crippen molar-refractivity contribution in [2.45, 2.75) is 57.4 Å². The van der Waals surface area contributed by atoms with Crippen LogP contribution in [0.5, 0.6) is 0 Å². The van der Waals surface area contributed by atoms with E-state index >= 15 is 0 Å². The number of hydrogen-bond acceptors (Lipinski definition) is 5. The van der Waals surface area contributed by atoms with Gasteiger partial charge in [-0.05, 0) is 65.9 Å². The first-order chi connectivity index (χ1) is 21.3. The van der Waals surface area contributed by atoms with Gasteiger partial charge in [0.1, 0.15) is 5.82 Å². The van der Waals surface area contributed by atoms with Gasteiger partial charge >= 0.3 is 0 Å². The summed E-state index contributed by atoms with van der Waals surface area (Å²) in [6, 6.07) is 28.5. The maximum absolute atomic E-state index is 13.2. The van der Waals surface area contributed by atoms with Gasteiger partial charge in [0.05, 0.1) is 15.9 Å². The van der Waals surface area contributed by atoms with Crippen molar-refractivity contribution in [3.63, 3.8) is 0 Å². The van der Waals surface area contributed by atoms with Crippen LogP contribution in [0, 0.1) is 0 Å². The number of imidazole rings is 1. The van der Waals surface area contributed by atoms with E-state index in [1.54, 1.807) is 36.4 Å². The molecule has 9 heteroatoms. The second-order valence-corrected chi connectivity index (χ2v) is 12.4. The minimum Gasteiger partial charge on any atom is -0.326 e. The van der Waals surface area contributed by atoms with E-state index in [0.29, 0.717) is 18.5 Å². The van der Waals surface area contributed by atoms with E-state index < -0.39 is 15.9 Å². The second kappa shape index (κ2) is 13.7. The van der Waals surface area contributed by atoms with Gasteiger partial charge in [-0.2, -0.15) is 0 Å². The maximum atomic E-state index is 13.2. The summed E-state index contributed by atoms with van der Waals surface area (Å²) in [5.74, 6) is 0.289. The molecule has 0 unspecified atom stereocenters. The molecule has 0 aliphatic carbocycles. The number of carbonyl (C=O) groups is 2. The molecule has 0 radical (unpaired) electrons. The van der Waals surface area contributed by atoms with Gasteiger partial charge in [0.2, 0.25) is 5.91 Å². The van der Waals surface area contributed by atoms with Crippen LogP contribution in [0.2, 0.25) is 0 Å². The van der Waals surface area contributed by atoms with Crippen LogP contribution in [0.15, 0.2) is 102 Å². The van der Waals surface area contributed by atoms with Crippen molar-refractivity contribution >= 4 is 38.6 Å². The predicted molar refractivity (Wildman–Crippen MR) is 174 cm³/mol. The number of fused-ring (bicyclic) bond motifs is 1. The van der Waals surface area contributed by atoms with Crippen molar-refractivity contribution in [3.05, 3.63) is 114 Å². The summed E-state index contributed by atoms with van der Waals surface area (Å²) in [4.78, 5) is 30.3. The molecule has 0 bridgehead atoms. The Morgan fingerprint density at radius 1 is 0.841 bits per heavy atom. The molecule has 226 valence electrons. The number of benzene rings is 4. The number of amides is 2. The lowest BCUT2D eigenvalue weighted by molar-refractivity contribution is -0.116. The number of carbonyl (C=O) groups excluding carboxylic acids is 2. The highest BCUT2D eigenvalue weighted by atomic mass is 32.2. The summed E-state index contributed by atoms with van der Waals surface area (Å²) in [6.45, 7) is 4.72. The van der Waals surface area contributed by atoms with Gasteiger partial charge in [-0.25, -0.2) is 18.1 Å². The Morgan fingerprint density at radius 2 is 1.57 bits per heavy atom. The van der Waals surface area contributed by atoms with Crippen LogP contribution >= 0.6 is 0 Å². The zero-order valence-corrected chi connectivity index (χ0v) is 25.7. The van der Waals surface area contributed by atoms with Gasteiger partial charge in [-0.15, -0.1) is 0 Å². The van der Waals surface area contributed by atoms with Crippen LogP contribution in [0.3, 0.4) is 0 Å². The molecule has 5 aromatic rings.